The normalized spacial score (nSPS) is 13.8. The average molecular weight is 430 g/mol. The number of nitrogens with one attached hydrogen (secondary N) is 1. The molecule has 0 unspecified atom stereocenters. The number of hydrogen-bond acceptors (Lipinski definition) is 4. The van der Waals surface area contributed by atoms with Crippen molar-refractivity contribution in [1.29, 1.82) is 0 Å². The zero-order chi connectivity index (χ0) is 22.1. The summed E-state index contributed by atoms with van der Waals surface area (Å²) in [7, 11) is -2.46. The Morgan fingerprint density at radius 1 is 1.17 bits per heavy atom. The van der Waals surface area contributed by atoms with Gasteiger partial charge in [-0.2, -0.15) is 4.31 Å². The Morgan fingerprint density at radius 2 is 1.90 bits per heavy atom. The number of anilines is 2. The highest BCUT2D eigenvalue weighted by molar-refractivity contribution is 7.89. The summed E-state index contributed by atoms with van der Waals surface area (Å²) in [4.78, 5) is 26.1. The number of fused-ring (bicyclic) bond motifs is 1. The van der Waals surface area contributed by atoms with Gasteiger partial charge in [-0.15, -0.1) is 0 Å². The predicted octanol–water partition coefficient (Wildman–Crippen LogP) is 2.86. The molecule has 0 saturated heterocycles. The van der Waals surface area contributed by atoms with Crippen molar-refractivity contribution in [2.75, 3.05) is 30.4 Å². The van der Waals surface area contributed by atoms with E-state index in [0.29, 0.717) is 18.7 Å². The van der Waals surface area contributed by atoms with E-state index >= 15 is 0 Å². The minimum Gasteiger partial charge on any atom is -0.325 e. The lowest BCUT2D eigenvalue weighted by molar-refractivity contribution is -0.117. The zero-order valence-electron chi connectivity index (χ0n) is 17.7. The molecule has 160 valence electrons. The number of likely N-dealkylation sites (N-methyl/N-ethyl adjacent to an activating group) is 1. The minimum absolute atomic E-state index is 0.0632. The van der Waals surface area contributed by atoms with E-state index in [2.05, 4.69) is 5.32 Å². The van der Waals surface area contributed by atoms with Crippen LogP contribution in [-0.4, -0.2) is 44.7 Å². The lowest BCUT2D eigenvalue weighted by atomic mass is 10.0. The van der Waals surface area contributed by atoms with Gasteiger partial charge in [-0.25, -0.2) is 8.42 Å². The van der Waals surface area contributed by atoms with Gasteiger partial charge in [-0.05, 0) is 67.6 Å². The van der Waals surface area contributed by atoms with Crippen molar-refractivity contribution in [3.63, 3.8) is 0 Å². The SMILES string of the molecule is CC(=O)N1CCCc2cc(S(=O)(=O)N(C)CC(=O)Nc3cccc(C)c3C)ccc21. The van der Waals surface area contributed by atoms with Crippen LogP contribution < -0.4 is 10.2 Å². The van der Waals surface area contributed by atoms with E-state index in [4.69, 9.17) is 0 Å². The highest BCUT2D eigenvalue weighted by atomic mass is 32.2. The fraction of sp³-hybridized carbons (Fsp3) is 0.364. The fourth-order valence-corrected chi connectivity index (χ4v) is 4.78. The Bertz CT molecular complexity index is 1100. The molecule has 3 rings (SSSR count). The van der Waals surface area contributed by atoms with E-state index in [0.717, 1.165) is 33.1 Å². The lowest BCUT2D eigenvalue weighted by Crippen LogP contribution is -2.36. The largest absolute Gasteiger partial charge is 0.325 e. The molecule has 0 aromatic heterocycles. The highest BCUT2D eigenvalue weighted by Gasteiger charge is 2.26. The van der Waals surface area contributed by atoms with Gasteiger partial charge in [0.05, 0.1) is 11.4 Å². The Hall–Kier alpha value is -2.71. The summed E-state index contributed by atoms with van der Waals surface area (Å²) in [6.45, 7) is 5.69. The topological polar surface area (TPSA) is 86.8 Å². The Balaban J connectivity index is 1.77. The lowest BCUT2D eigenvalue weighted by Gasteiger charge is -2.29. The molecular formula is C22H27N3O4S. The van der Waals surface area contributed by atoms with Gasteiger partial charge < -0.3 is 10.2 Å². The Morgan fingerprint density at radius 3 is 2.60 bits per heavy atom. The van der Waals surface area contributed by atoms with Crippen molar-refractivity contribution in [1.82, 2.24) is 4.31 Å². The van der Waals surface area contributed by atoms with Crippen molar-refractivity contribution in [3.05, 3.63) is 53.1 Å². The monoisotopic (exact) mass is 429 g/mol. The number of amides is 2. The number of hydrogen-bond donors (Lipinski definition) is 1. The molecule has 1 heterocycles. The third kappa shape index (κ3) is 4.39. The average Bonchev–Trinajstić information content (AvgIpc) is 2.70. The molecule has 0 bridgehead atoms. The molecule has 1 aliphatic rings. The van der Waals surface area contributed by atoms with E-state index in [1.807, 2.05) is 26.0 Å². The number of sulfonamides is 1. The maximum absolute atomic E-state index is 13.0. The second-order valence-electron chi connectivity index (χ2n) is 7.62. The van der Waals surface area contributed by atoms with Crippen LogP contribution in [-0.2, 0) is 26.0 Å². The van der Waals surface area contributed by atoms with Crippen LogP contribution in [0.15, 0.2) is 41.3 Å². The van der Waals surface area contributed by atoms with Crippen molar-refractivity contribution in [2.45, 2.75) is 38.5 Å². The van der Waals surface area contributed by atoms with Gasteiger partial charge in [-0.1, -0.05) is 12.1 Å². The molecule has 2 amide bonds. The van der Waals surface area contributed by atoms with E-state index in [1.54, 1.807) is 23.1 Å². The van der Waals surface area contributed by atoms with Gasteiger partial charge in [-0.3, -0.25) is 9.59 Å². The molecular weight excluding hydrogens is 402 g/mol. The second kappa shape index (κ2) is 8.57. The van der Waals surface area contributed by atoms with Gasteiger partial charge in [0.25, 0.3) is 0 Å². The molecule has 30 heavy (non-hydrogen) atoms. The van der Waals surface area contributed by atoms with E-state index in [9.17, 15) is 18.0 Å². The smallest absolute Gasteiger partial charge is 0.243 e. The highest BCUT2D eigenvalue weighted by Crippen LogP contribution is 2.30. The van der Waals surface area contributed by atoms with Crippen LogP contribution >= 0.6 is 0 Å². The van der Waals surface area contributed by atoms with Gasteiger partial charge in [0, 0.05) is 31.9 Å². The number of rotatable bonds is 5. The second-order valence-corrected chi connectivity index (χ2v) is 9.67. The third-order valence-electron chi connectivity index (χ3n) is 5.50. The summed E-state index contributed by atoms with van der Waals surface area (Å²) < 4.78 is 27.1. The van der Waals surface area contributed by atoms with Gasteiger partial charge >= 0.3 is 0 Å². The summed E-state index contributed by atoms with van der Waals surface area (Å²) in [5.41, 5.74) is 4.24. The first-order chi connectivity index (χ1) is 14.1. The van der Waals surface area contributed by atoms with Crippen LogP contribution in [0.2, 0.25) is 0 Å². The van der Waals surface area contributed by atoms with Crippen molar-refractivity contribution in [2.24, 2.45) is 0 Å². The van der Waals surface area contributed by atoms with Gasteiger partial charge in [0.15, 0.2) is 0 Å². The standard InChI is InChI=1S/C22H27N3O4S/c1-15-7-5-9-20(16(15)2)23-22(27)14-24(4)30(28,29)19-10-11-21-18(13-19)8-6-12-25(21)17(3)26/h5,7,9-11,13H,6,8,12,14H2,1-4H3,(H,23,27). The van der Waals surface area contributed by atoms with Crippen LogP contribution in [0.1, 0.15) is 30.0 Å². The molecule has 0 aliphatic carbocycles. The van der Waals surface area contributed by atoms with Crippen molar-refractivity contribution < 1.29 is 18.0 Å². The van der Waals surface area contributed by atoms with Crippen LogP contribution in [0.25, 0.3) is 0 Å². The first-order valence-corrected chi connectivity index (χ1v) is 11.3. The summed E-state index contributed by atoms with van der Waals surface area (Å²) in [5, 5.41) is 2.78. The van der Waals surface area contributed by atoms with Crippen molar-refractivity contribution >= 4 is 33.2 Å². The molecule has 0 atom stereocenters. The van der Waals surface area contributed by atoms with Gasteiger partial charge in [0.1, 0.15) is 0 Å². The number of benzene rings is 2. The summed E-state index contributed by atoms with van der Waals surface area (Å²) >= 11 is 0. The molecule has 2 aromatic rings. The Kier molecular flexibility index (Phi) is 6.28. The maximum atomic E-state index is 13.0. The Labute approximate surface area is 177 Å². The molecule has 1 aliphatic heterocycles. The number of carbonyl (C=O) groups excluding carboxylic acids is 2. The number of carbonyl (C=O) groups is 2. The van der Waals surface area contributed by atoms with Crippen LogP contribution in [0.3, 0.4) is 0 Å². The van der Waals surface area contributed by atoms with Crippen LogP contribution in [0.4, 0.5) is 11.4 Å². The van der Waals surface area contributed by atoms with E-state index < -0.39 is 15.9 Å². The fourth-order valence-electron chi connectivity index (χ4n) is 3.60. The molecule has 0 saturated carbocycles. The first-order valence-electron chi connectivity index (χ1n) is 9.84. The summed E-state index contributed by atoms with van der Waals surface area (Å²) in [6, 6.07) is 10.4. The molecule has 7 nitrogen and oxygen atoms in total. The van der Waals surface area contributed by atoms with Crippen LogP contribution in [0.5, 0.6) is 0 Å². The number of aryl methyl sites for hydroxylation is 2. The molecule has 0 spiro atoms. The molecule has 2 aromatic carbocycles. The molecule has 0 fully saturated rings. The molecule has 0 radical (unpaired) electrons. The third-order valence-corrected chi connectivity index (χ3v) is 7.30. The molecule has 8 heteroatoms. The first kappa shape index (κ1) is 22.0. The maximum Gasteiger partial charge on any atom is 0.243 e. The summed E-state index contributed by atoms with van der Waals surface area (Å²) in [5.74, 6) is -0.470. The zero-order valence-corrected chi connectivity index (χ0v) is 18.5. The minimum atomic E-state index is -3.85. The quantitative estimate of drug-likeness (QED) is 0.792. The summed E-state index contributed by atoms with van der Waals surface area (Å²) in [6.07, 6.45) is 1.49. The van der Waals surface area contributed by atoms with E-state index in [1.165, 1.54) is 20.0 Å². The van der Waals surface area contributed by atoms with Gasteiger partial charge in [0.2, 0.25) is 21.8 Å². The predicted molar refractivity (Wildman–Crippen MR) is 117 cm³/mol. The van der Waals surface area contributed by atoms with Crippen LogP contribution in [0, 0.1) is 13.8 Å². The molecule has 1 N–H and O–H groups in total. The van der Waals surface area contributed by atoms with Crippen molar-refractivity contribution in [3.8, 4) is 0 Å². The number of nitrogens with zero attached hydrogens (tertiary/aromatic N) is 2. The van der Waals surface area contributed by atoms with E-state index in [-0.39, 0.29) is 17.3 Å².